The quantitative estimate of drug-likeness (QED) is 0.340. The second kappa shape index (κ2) is 6.07. The second-order valence-corrected chi connectivity index (χ2v) is 8.55. The molecule has 6 heteroatoms. The lowest BCUT2D eigenvalue weighted by atomic mass is 10.2. The Morgan fingerprint density at radius 1 is 1.24 bits per heavy atom. The van der Waals surface area contributed by atoms with Crippen molar-refractivity contribution in [2.24, 2.45) is 0 Å². The molecule has 110 valence electrons. The molecule has 0 bridgehead atoms. The van der Waals surface area contributed by atoms with Gasteiger partial charge in [0.15, 0.2) is 0 Å². The topological polar surface area (TPSA) is 17.8 Å². The summed E-state index contributed by atoms with van der Waals surface area (Å²) in [5, 5.41) is -0.145. The fourth-order valence-electron chi connectivity index (χ4n) is 2.46. The molecular weight excluding hydrogens is 438 g/mol. The maximum absolute atomic E-state index is 6.35. The molecule has 0 radical (unpaired) electrons. The summed E-state index contributed by atoms with van der Waals surface area (Å²) in [5.74, 6) is 0.894. The van der Waals surface area contributed by atoms with Gasteiger partial charge in [0, 0.05) is 8.45 Å². The predicted octanol–water partition coefficient (Wildman–Crippen LogP) is 6.26. The molecule has 0 spiro atoms. The summed E-state index contributed by atoms with van der Waals surface area (Å²) in [6.45, 7) is 4.11. The second-order valence-electron chi connectivity index (χ2n) is 4.91. The van der Waals surface area contributed by atoms with Crippen molar-refractivity contribution in [1.29, 1.82) is 0 Å². The first-order valence-electron chi connectivity index (χ1n) is 6.54. The number of nitrogens with zero attached hydrogens (tertiary/aromatic N) is 2. The Kier molecular flexibility index (Phi) is 4.50. The largest absolute Gasteiger partial charge is 0.319 e. The minimum atomic E-state index is -0.145. The molecular formula is C15H13Cl2IN2S. The van der Waals surface area contributed by atoms with E-state index < -0.39 is 0 Å². The van der Waals surface area contributed by atoms with Crippen molar-refractivity contribution in [2.45, 2.75) is 25.3 Å². The van der Waals surface area contributed by atoms with Gasteiger partial charge in [-0.15, -0.1) is 22.9 Å². The number of halogens is 3. The molecule has 21 heavy (non-hydrogen) atoms. The first kappa shape index (κ1) is 15.6. The van der Waals surface area contributed by atoms with E-state index in [0.717, 1.165) is 21.2 Å². The highest BCUT2D eigenvalue weighted by Crippen LogP contribution is 2.35. The predicted molar refractivity (Wildman–Crippen MR) is 99.9 cm³/mol. The summed E-state index contributed by atoms with van der Waals surface area (Å²) in [6.07, 6.45) is 0. The summed E-state index contributed by atoms with van der Waals surface area (Å²) in [5.41, 5.74) is 2.09. The van der Waals surface area contributed by atoms with E-state index in [9.17, 15) is 0 Å². The van der Waals surface area contributed by atoms with Gasteiger partial charge in [0.1, 0.15) is 5.82 Å². The smallest absolute Gasteiger partial charge is 0.128 e. The van der Waals surface area contributed by atoms with Crippen molar-refractivity contribution in [2.75, 3.05) is 0 Å². The molecule has 0 aliphatic carbocycles. The monoisotopic (exact) mass is 450 g/mol. The van der Waals surface area contributed by atoms with Crippen LogP contribution >= 0.6 is 57.1 Å². The average Bonchev–Trinajstić information content (AvgIpc) is 3.01. The van der Waals surface area contributed by atoms with Crippen molar-refractivity contribution >= 4 is 68.2 Å². The van der Waals surface area contributed by atoms with Crippen molar-refractivity contribution in [1.82, 2.24) is 9.55 Å². The lowest BCUT2D eigenvalue weighted by Crippen LogP contribution is -2.10. The molecule has 2 aromatic heterocycles. The van der Waals surface area contributed by atoms with Gasteiger partial charge >= 0.3 is 0 Å². The van der Waals surface area contributed by atoms with Crippen LogP contribution in [0.3, 0.4) is 0 Å². The van der Waals surface area contributed by atoms with E-state index in [0.29, 0.717) is 0 Å². The first-order chi connectivity index (χ1) is 9.97. The molecule has 3 rings (SSSR count). The zero-order chi connectivity index (χ0) is 15.1. The lowest BCUT2D eigenvalue weighted by Gasteiger charge is -2.17. The Morgan fingerprint density at radius 3 is 2.62 bits per heavy atom. The third-order valence-corrected chi connectivity index (χ3v) is 5.70. The number of imidazole rings is 1. The van der Waals surface area contributed by atoms with E-state index in [2.05, 4.69) is 58.3 Å². The van der Waals surface area contributed by atoms with Crippen molar-refractivity contribution in [3.63, 3.8) is 0 Å². The zero-order valence-electron chi connectivity index (χ0n) is 11.5. The van der Waals surface area contributed by atoms with Gasteiger partial charge in [-0.05, 0) is 66.8 Å². The summed E-state index contributed by atoms with van der Waals surface area (Å²) < 4.78 is 4.19. The number of rotatable bonds is 3. The summed E-state index contributed by atoms with van der Waals surface area (Å²) in [7, 11) is 0. The van der Waals surface area contributed by atoms with Crippen LogP contribution in [0.2, 0.25) is 4.34 Å². The Morgan fingerprint density at radius 2 is 2.00 bits per heavy atom. The van der Waals surface area contributed by atoms with E-state index in [1.807, 2.05) is 13.0 Å². The molecule has 0 N–H and O–H groups in total. The molecule has 3 aromatic rings. The highest BCUT2D eigenvalue weighted by molar-refractivity contribution is 14.1. The summed E-state index contributed by atoms with van der Waals surface area (Å²) >= 11 is 16.3. The summed E-state index contributed by atoms with van der Waals surface area (Å²) in [4.78, 5) is 5.93. The summed E-state index contributed by atoms with van der Waals surface area (Å²) in [6, 6.07) is 10.5. The molecule has 2 unspecified atom stereocenters. The molecule has 0 saturated heterocycles. The molecule has 0 aliphatic rings. The molecule has 2 nitrogen and oxygen atoms in total. The minimum Gasteiger partial charge on any atom is -0.319 e. The van der Waals surface area contributed by atoms with Crippen LogP contribution in [0.1, 0.15) is 36.0 Å². The van der Waals surface area contributed by atoms with E-state index in [-0.39, 0.29) is 11.4 Å². The van der Waals surface area contributed by atoms with Crippen LogP contribution in [0.4, 0.5) is 0 Å². The van der Waals surface area contributed by atoms with Crippen LogP contribution in [0.25, 0.3) is 11.0 Å². The van der Waals surface area contributed by atoms with E-state index in [1.54, 1.807) is 11.3 Å². The lowest BCUT2D eigenvalue weighted by molar-refractivity contribution is 0.628. The van der Waals surface area contributed by atoms with Crippen LogP contribution in [0.5, 0.6) is 0 Å². The molecule has 2 atom stereocenters. The molecule has 0 saturated carbocycles. The maximum atomic E-state index is 6.35. The highest BCUT2D eigenvalue weighted by Gasteiger charge is 2.21. The van der Waals surface area contributed by atoms with Crippen LogP contribution in [0, 0.1) is 3.57 Å². The van der Waals surface area contributed by atoms with Crippen LogP contribution in [-0.2, 0) is 0 Å². The Balaban J connectivity index is 2.21. The van der Waals surface area contributed by atoms with Gasteiger partial charge in [-0.25, -0.2) is 4.98 Å². The van der Waals surface area contributed by atoms with E-state index >= 15 is 0 Å². The molecule has 0 aliphatic heterocycles. The first-order valence-corrected chi connectivity index (χ1v) is 9.25. The van der Waals surface area contributed by atoms with Gasteiger partial charge < -0.3 is 4.57 Å². The highest BCUT2D eigenvalue weighted by atomic mass is 127. The Bertz CT molecular complexity index is 794. The zero-order valence-corrected chi connectivity index (χ0v) is 16.0. The number of fused-ring (bicyclic) bond motifs is 1. The number of alkyl halides is 1. The number of aromatic nitrogens is 2. The minimum absolute atomic E-state index is 0.145. The third-order valence-electron chi connectivity index (χ3n) is 3.43. The Labute approximate surface area is 151 Å². The van der Waals surface area contributed by atoms with Gasteiger partial charge in [0.25, 0.3) is 0 Å². The fraction of sp³-hybridized carbons (Fsp3) is 0.267. The van der Waals surface area contributed by atoms with Gasteiger partial charge in [-0.1, -0.05) is 11.6 Å². The number of thiophene rings is 1. The number of benzene rings is 1. The SMILES string of the molecule is CC(Cl)c1nc2cc(I)ccc2n1C(C)c1ccc(Cl)s1. The van der Waals surface area contributed by atoms with Crippen molar-refractivity contribution in [3.8, 4) is 0 Å². The van der Waals surface area contributed by atoms with Crippen molar-refractivity contribution < 1.29 is 0 Å². The van der Waals surface area contributed by atoms with Gasteiger partial charge in [-0.2, -0.15) is 0 Å². The van der Waals surface area contributed by atoms with Crippen LogP contribution in [0.15, 0.2) is 30.3 Å². The van der Waals surface area contributed by atoms with Gasteiger partial charge in [-0.3, -0.25) is 0 Å². The molecule has 2 heterocycles. The normalized spacial score (nSPS) is 14.5. The third kappa shape index (κ3) is 2.96. The fourth-order valence-corrected chi connectivity index (χ4v) is 4.19. The van der Waals surface area contributed by atoms with Crippen LogP contribution < -0.4 is 0 Å². The number of hydrogen-bond donors (Lipinski definition) is 0. The van der Waals surface area contributed by atoms with Crippen molar-refractivity contribution in [3.05, 3.63) is 48.9 Å². The van der Waals surface area contributed by atoms with Gasteiger partial charge in [0.2, 0.25) is 0 Å². The molecule has 0 amide bonds. The van der Waals surface area contributed by atoms with E-state index in [4.69, 9.17) is 28.2 Å². The number of hydrogen-bond acceptors (Lipinski definition) is 2. The maximum Gasteiger partial charge on any atom is 0.128 e. The Hall–Kier alpha value is -0.300. The average molecular weight is 451 g/mol. The molecule has 0 fully saturated rings. The van der Waals surface area contributed by atoms with Gasteiger partial charge in [0.05, 0.1) is 26.8 Å². The molecule has 1 aromatic carbocycles. The van der Waals surface area contributed by atoms with Crippen LogP contribution in [-0.4, -0.2) is 9.55 Å². The van der Waals surface area contributed by atoms with E-state index in [1.165, 1.54) is 8.45 Å². The standard InChI is InChI=1S/C15H13Cl2IN2S/c1-8(16)15-19-11-7-10(18)3-4-12(11)20(15)9(2)13-5-6-14(17)21-13/h3-9H,1-2H3.